The van der Waals surface area contributed by atoms with Crippen LogP contribution in [0.4, 0.5) is 5.95 Å². The highest BCUT2D eigenvalue weighted by Gasteiger charge is 2.27. The number of hydrogen-bond donors (Lipinski definition) is 1. The van der Waals surface area contributed by atoms with Crippen molar-refractivity contribution in [3.8, 4) is 10.7 Å². The van der Waals surface area contributed by atoms with Gasteiger partial charge in [0.2, 0.25) is 5.95 Å². The Morgan fingerprint density at radius 1 is 1.29 bits per heavy atom. The van der Waals surface area contributed by atoms with Crippen LogP contribution in [0.15, 0.2) is 23.0 Å². The summed E-state index contributed by atoms with van der Waals surface area (Å²) in [6.45, 7) is 1.05. The highest BCUT2D eigenvalue weighted by atomic mass is 32.1. The second-order valence-corrected chi connectivity index (χ2v) is 6.83. The molecule has 3 aromatic heterocycles. The summed E-state index contributed by atoms with van der Waals surface area (Å²) in [5.41, 5.74) is 1.86. The van der Waals surface area contributed by atoms with Crippen molar-refractivity contribution in [3.63, 3.8) is 0 Å². The maximum absolute atomic E-state index is 9.52. The van der Waals surface area contributed by atoms with Gasteiger partial charge in [0.25, 0.3) is 0 Å². The third-order valence-corrected chi connectivity index (χ3v) is 5.46. The Morgan fingerprint density at radius 3 is 3.05 bits per heavy atom. The molecule has 1 aliphatic rings. The van der Waals surface area contributed by atoms with E-state index in [-0.39, 0.29) is 12.6 Å². The Kier molecular flexibility index (Phi) is 3.33. The van der Waals surface area contributed by atoms with Crippen molar-refractivity contribution < 1.29 is 5.11 Å². The summed E-state index contributed by atoms with van der Waals surface area (Å²) in [7, 11) is 0. The van der Waals surface area contributed by atoms with E-state index in [9.17, 15) is 5.11 Å². The molecule has 1 atom stereocenters. The fourth-order valence-electron chi connectivity index (χ4n) is 2.75. The Bertz CT molecular complexity index is 756. The molecule has 0 aromatic carbocycles. The first kappa shape index (κ1) is 13.1. The molecule has 1 saturated heterocycles. The normalized spacial score (nSPS) is 18.7. The SMILES string of the molecule is OCC1CCCN1c1nc(-c2nccs2)c2sccc2n1. The van der Waals surface area contributed by atoms with Gasteiger partial charge >= 0.3 is 0 Å². The van der Waals surface area contributed by atoms with Gasteiger partial charge in [0.05, 0.1) is 22.9 Å². The largest absolute Gasteiger partial charge is 0.394 e. The molecule has 0 aliphatic carbocycles. The van der Waals surface area contributed by atoms with Crippen molar-refractivity contribution in [2.45, 2.75) is 18.9 Å². The van der Waals surface area contributed by atoms with Crippen LogP contribution in [0.1, 0.15) is 12.8 Å². The summed E-state index contributed by atoms with van der Waals surface area (Å²) in [4.78, 5) is 15.9. The van der Waals surface area contributed by atoms with Crippen LogP contribution >= 0.6 is 22.7 Å². The monoisotopic (exact) mass is 318 g/mol. The summed E-state index contributed by atoms with van der Waals surface area (Å²) < 4.78 is 1.08. The molecule has 4 heterocycles. The lowest BCUT2D eigenvalue weighted by Gasteiger charge is -2.23. The number of rotatable bonds is 3. The second kappa shape index (κ2) is 5.32. The maximum Gasteiger partial charge on any atom is 0.226 e. The molecule has 0 spiro atoms. The lowest BCUT2D eigenvalue weighted by atomic mass is 10.2. The van der Waals surface area contributed by atoms with Gasteiger partial charge in [0.1, 0.15) is 10.7 Å². The summed E-state index contributed by atoms with van der Waals surface area (Å²) in [6.07, 6.45) is 3.87. The van der Waals surface area contributed by atoms with Gasteiger partial charge in [0.15, 0.2) is 0 Å². The molecular formula is C14H14N4OS2. The lowest BCUT2D eigenvalue weighted by molar-refractivity contribution is 0.265. The van der Waals surface area contributed by atoms with Crippen molar-refractivity contribution in [2.75, 3.05) is 18.1 Å². The van der Waals surface area contributed by atoms with Crippen LogP contribution < -0.4 is 4.90 Å². The summed E-state index contributed by atoms with van der Waals surface area (Å²) in [5.74, 6) is 0.711. The molecule has 1 unspecified atom stereocenters. The number of fused-ring (bicyclic) bond motifs is 1. The van der Waals surface area contributed by atoms with Gasteiger partial charge in [0, 0.05) is 18.1 Å². The molecule has 0 amide bonds. The Balaban J connectivity index is 1.87. The van der Waals surface area contributed by atoms with Crippen molar-refractivity contribution in [3.05, 3.63) is 23.0 Å². The predicted molar refractivity (Wildman–Crippen MR) is 86.0 cm³/mol. The fourth-order valence-corrected chi connectivity index (χ4v) is 4.27. The minimum absolute atomic E-state index is 0.130. The van der Waals surface area contributed by atoms with E-state index in [1.165, 1.54) is 0 Å². The van der Waals surface area contributed by atoms with E-state index in [0.717, 1.165) is 40.3 Å². The summed E-state index contributed by atoms with van der Waals surface area (Å²) >= 11 is 3.23. The first-order valence-corrected chi connectivity index (χ1v) is 8.65. The molecule has 0 bridgehead atoms. The lowest BCUT2D eigenvalue weighted by Crippen LogP contribution is -2.33. The van der Waals surface area contributed by atoms with Crippen LogP contribution in [0.3, 0.4) is 0 Å². The van der Waals surface area contributed by atoms with E-state index in [1.54, 1.807) is 28.9 Å². The van der Waals surface area contributed by atoms with E-state index >= 15 is 0 Å². The first-order valence-electron chi connectivity index (χ1n) is 6.89. The van der Waals surface area contributed by atoms with Gasteiger partial charge < -0.3 is 10.0 Å². The Labute approximate surface area is 129 Å². The Morgan fingerprint density at radius 2 is 2.24 bits per heavy atom. The van der Waals surface area contributed by atoms with E-state index in [4.69, 9.17) is 4.98 Å². The van der Waals surface area contributed by atoms with Gasteiger partial charge in [-0.15, -0.1) is 22.7 Å². The standard InChI is InChI=1S/C14H14N4OS2/c19-8-9-2-1-5-18(9)14-16-10-3-6-20-12(10)11(17-14)13-15-4-7-21-13/h3-4,6-7,9,19H,1-2,5,8H2. The molecule has 0 saturated carbocycles. The number of aliphatic hydroxyl groups is 1. The average Bonchev–Trinajstić information content (AvgIpc) is 3.25. The number of aromatic nitrogens is 3. The molecule has 5 nitrogen and oxygen atoms in total. The van der Waals surface area contributed by atoms with E-state index < -0.39 is 0 Å². The number of thiazole rings is 1. The molecule has 1 aliphatic heterocycles. The predicted octanol–water partition coefficient (Wildman–Crippen LogP) is 2.78. The zero-order chi connectivity index (χ0) is 14.2. The molecule has 3 aromatic rings. The third kappa shape index (κ3) is 2.21. The van der Waals surface area contributed by atoms with Gasteiger partial charge in [-0.05, 0) is 24.3 Å². The van der Waals surface area contributed by atoms with Crippen molar-refractivity contribution in [1.29, 1.82) is 0 Å². The van der Waals surface area contributed by atoms with Gasteiger partial charge in [-0.1, -0.05) is 0 Å². The van der Waals surface area contributed by atoms with Gasteiger partial charge in [-0.25, -0.2) is 15.0 Å². The van der Waals surface area contributed by atoms with E-state index in [2.05, 4.69) is 14.9 Å². The topological polar surface area (TPSA) is 62.1 Å². The van der Waals surface area contributed by atoms with Crippen molar-refractivity contribution in [1.82, 2.24) is 15.0 Å². The second-order valence-electron chi connectivity index (χ2n) is 5.02. The van der Waals surface area contributed by atoms with E-state index in [1.807, 2.05) is 16.8 Å². The molecule has 1 N–H and O–H groups in total. The molecule has 0 radical (unpaired) electrons. The number of anilines is 1. The summed E-state index contributed by atoms with van der Waals surface area (Å²) in [5, 5.41) is 14.4. The number of hydrogen-bond acceptors (Lipinski definition) is 7. The molecule has 21 heavy (non-hydrogen) atoms. The Hall–Kier alpha value is -1.57. The fraction of sp³-hybridized carbons (Fsp3) is 0.357. The highest BCUT2D eigenvalue weighted by Crippen LogP contribution is 2.34. The third-order valence-electron chi connectivity index (χ3n) is 3.77. The van der Waals surface area contributed by atoms with Crippen molar-refractivity contribution in [2.24, 2.45) is 0 Å². The van der Waals surface area contributed by atoms with Crippen LogP contribution in [0.5, 0.6) is 0 Å². The van der Waals surface area contributed by atoms with Crippen LogP contribution in [-0.4, -0.2) is 39.3 Å². The minimum atomic E-state index is 0.130. The van der Waals surface area contributed by atoms with Crippen molar-refractivity contribution >= 4 is 38.8 Å². The van der Waals surface area contributed by atoms with Crippen LogP contribution in [0.25, 0.3) is 20.9 Å². The highest BCUT2D eigenvalue weighted by molar-refractivity contribution is 7.18. The number of thiophene rings is 1. The van der Waals surface area contributed by atoms with E-state index in [0.29, 0.717) is 5.95 Å². The first-order chi connectivity index (χ1) is 10.4. The zero-order valence-corrected chi connectivity index (χ0v) is 12.9. The van der Waals surface area contributed by atoms with Crippen LogP contribution in [0, 0.1) is 0 Å². The minimum Gasteiger partial charge on any atom is -0.394 e. The average molecular weight is 318 g/mol. The smallest absolute Gasteiger partial charge is 0.226 e. The quantitative estimate of drug-likeness (QED) is 0.804. The molecule has 1 fully saturated rings. The van der Waals surface area contributed by atoms with Crippen LogP contribution in [0.2, 0.25) is 0 Å². The number of nitrogens with zero attached hydrogens (tertiary/aromatic N) is 4. The molecule has 4 rings (SSSR count). The number of aliphatic hydroxyl groups excluding tert-OH is 1. The van der Waals surface area contributed by atoms with Gasteiger partial charge in [-0.2, -0.15) is 0 Å². The molecule has 7 heteroatoms. The van der Waals surface area contributed by atoms with Crippen LogP contribution in [-0.2, 0) is 0 Å². The molecular weight excluding hydrogens is 304 g/mol. The zero-order valence-electron chi connectivity index (χ0n) is 11.3. The maximum atomic E-state index is 9.52. The summed E-state index contributed by atoms with van der Waals surface area (Å²) in [6, 6.07) is 2.15. The van der Waals surface area contributed by atoms with Gasteiger partial charge in [-0.3, -0.25) is 0 Å². The molecule has 108 valence electrons.